The molecule has 4 aromatic rings. The summed E-state index contributed by atoms with van der Waals surface area (Å²) in [6, 6.07) is 42.0. The number of allylic oxidation sites excluding steroid dienone is 8. The van der Waals surface area contributed by atoms with Gasteiger partial charge in [0.05, 0.1) is 0 Å². The van der Waals surface area contributed by atoms with Gasteiger partial charge in [0.15, 0.2) is 0 Å². The van der Waals surface area contributed by atoms with E-state index in [-0.39, 0.29) is 24.8 Å². The topological polar surface area (TPSA) is 0 Å². The number of halogens is 2. The molecule has 0 heterocycles. The van der Waals surface area contributed by atoms with Crippen molar-refractivity contribution in [3.8, 4) is 0 Å². The Morgan fingerprint density at radius 3 is 0.790 bits per heavy atom. The van der Waals surface area contributed by atoms with Gasteiger partial charge in [0.25, 0.3) is 0 Å². The summed E-state index contributed by atoms with van der Waals surface area (Å²) in [5.74, 6) is -1.96. The Labute approximate surface area is 405 Å². The SMILES string of the molecule is C=CC[SiH](CC=C)[Hf+]([CH]1C(CC)=Cc2ccccc21)[CH]1C(CC)=Cc2ccccc21.C=CC[SiH](CC=C)[Hf+]([CH]1C(CC)=Cc2ccccc21)[CH]1C(CC)=Cc2ccccc21.[Cl-].[Cl-]. The summed E-state index contributed by atoms with van der Waals surface area (Å²) in [6.45, 7) is 26.2. The van der Waals surface area contributed by atoms with Gasteiger partial charge in [0.1, 0.15) is 0 Å². The zero-order chi connectivity index (χ0) is 42.2. The number of benzene rings is 4. The second kappa shape index (κ2) is 24.2. The first-order chi connectivity index (χ1) is 29.5. The Morgan fingerprint density at radius 1 is 0.387 bits per heavy atom. The van der Waals surface area contributed by atoms with Gasteiger partial charge in [0, 0.05) is 0 Å². The first-order valence-electron chi connectivity index (χ1n) is 22.8. The van der Waals surface area contributed by atoms with Crippen molar-refractivity contribution in [2.24, 2.45) is 0 Å². The Kier molecular flexibility index (Phi) is 19.7. The molecule has 4 aromatic carbocycles. The van der Waals surface area contributed by atoms with E-state index < -0.39 is 53.2 Å². The molecule has 0 saturated heterocycles. The van der Waals surface area contributed by atoms with Crippen molar-refractivity contribution < 1.29 is 66.0 Å². The Morgan fingerprint density at radius 2 is 0.597 bits per heavy atom. The van der Waals surface area contributed by atoms with Crippen molar-refractivity contribution >= 4 is 36.3 Å². The van der Waals surface area contributed by atoms with E-state index in [0.717, 1.165) is 14.7 Å². The summed E-state index contributed by atoms with van der Waals surface area (Å²) >= 11 is -4.53. The van der Waals surface area contributed by atoms with E-state index in [0.29, 0.717) is 0 Å². The maximum Gasteiger partial charge on any atom is -1.00 e. The average molecular weight is 1220 g/mol. The molecule has 0 saturated carbocycles. The van der Waals surface area contributed by atoms with Crippen LogP contribution in [0, 0.1) is 0 Å². The van der Waals surface area contributed by atoms with E-state index in [1.807, 2.05) is 0 Å². The summed E-state index contributed by atoms with van der Waals surface area (Å²) in [5.41, 5.74) is 19.4. The zero-order valence-corrected chi connectivity index (χ0v) is 48.6. The average Bonchev–Trinajstić information content (AvgIpc) is 4.05. The maximum absolute atomic E-state index is 4.19. The van der Waals surface area contributed by atoms with Crippen molar-refractivity contribution in [1.82, 2.24) is 0 Å². The molecule has 8 rings (SSSR count). The molecule has 4 aliphatic rings. The van der Waals surface area contributed by atoms with Crippen molar-refractivity contribution in [3.63, 3.8) is 0 Å². The van der Waals surface area contributed by atoms with E-state index in [4.69, 9.17) is 0 Å². The minimum atomic E-state index is -2.27. The van der Waals surface area contributed by atoms with Crippen LogP contribution in [0.1, 0.15) is 113 Å². The van der Waals surface area contributed by atoms with Crippen molar-refractivity contribution in [2.75, 3.05) is 0 Å². The Hall–Kier alpha value is -2.45. The third-order valence-electron chi connectivity index (χ3n) is 13.8. The molecule has 0 spiro atoms. The fourth-order valence-electron chi connectivity index (χ4n) is 11.2. The number of rotatable bonds is 18. The summed E-state index contributed by atoms with van der Waals surface area (Å²) < 4.78 is 2.94. The van der Waals surface area contributed by atoms with Gasteiger partial charge in [-0.15, -0.1) is 0 Å². The molecule has 6 heteroatoms. The van der Waals surface area contributed by atoms with Gasteiger partial charge >= 0.3 is 384 Å². The van der Waals surface area contributed by atoms with E-state index in [1.54, 1.807) is 44.5 Å². The van der Waals surface area contributed by atoms with Crippen LogP contribution in [0.2, 0.25) is 24.2 Å². The minimum absolute atomic E-state index is 0. The predicted octanol–water partition coefficient (Wildman–Crippen LogP) is 9.60. The van der Waals surface area contributed by atoms with Crippen LogP contribution in [0.5, 0.6) is 0 Å². The van der Waals surface area contributed by atoms with E-state index in [2.05, 4.69) is 200 Å². The Bertz CT molecular complexity index is 2020. The number of fused-ring (bicyclic) bond motifs is 4. The molecule has 0 nitrogen and oxygen atoms in total. The quantitative estimate of drug-likeness (QED) is 0.0689. The van der Waals surface area contributed by atoms with Crippen molar-refractivity contribution in [3.05, 3.63) is 214 Å². The van der Waals surface area contributed by atoms with Gasteiger partial charge in [-0.1, -0.05) is 0 Å². The maximum atomic E-state index is 4.19. The summed E-state index contributed by atoms with van der Waals surface area (Å²) in [6.07, 6.45) is 23.8. The molecular weight excluding hydrogens is 1160 g/mol. The van der Waals surface area contributed by atoms with Gasteiger partial charge in [0.2, 0.25) is 0 Å². The number of hydrogen-bond acceptors (Lipinski definition) is 0. The van der Waals surface area contributed by atoms with Gasteiger partial charge in [-0.05, 0) is 0 Å². The van der Waals surface area contributed by atoms with Crippen LogP contribution in [0.4, 0.5) is 0 Å². The second-order valence-electron chi connectivity index (χ2n) is 17.0. The van der Waals surface area contributed by atoms with Crippen LogP contribution in [0.15, 0.2) is 170 Å². The van der Waals surface area contributed by atoms with Crippen LogP contribution in [-0.2, 0) is 41.2 Å². The smallest absolute Gasteiger partial charge is 1.00 e. The van der Waals surface area contributed by atoms with Crippen LogP contribution >= 0.6 is 0 Å². The monoisotopic (exact) mass is 1220 g/mol. The fraction of sp³-hybridized carbons (Fsp3) is 0.286. The van der Waals surface area contributed by atoms with Crippen LogP contribution in [-0.4, -0.2) is 12.0 Å². The third-order valence-corrected chi connectivity index (χ3v) is 80.1. The summed E-state index contributed by atoms with van der Waals surface area (Å²) in [4.78, 5) is 0. The predicted molar refractivity (Wildman–Crippen MR) is 264 cm³/mol. The molecule has 4 unspecified atom stereocenters. The molecule has 0 radical (unpaired) electrons. The molecular formula is C56H66Cl2Hf2Si2. The second-order valence-corrected chi connectivity index (χ2v) is 65.7. The van der Waals surface area contributed by atoms with Gasteiger partial charge in [-0.2, -0.15) is 0 Å². The zero-order valence-electron chi connectivity index (χ0n) is 37.6. The van der Waals surface area contributed by atoms with Gasteiger partial charge < -0.3 is 24.8 Å². The third kappa shape index (κ3) is 10.3. The van der Waals surface area contributed by atoms with E-state index >= 15 is 0 Å². The molecule has 0 aliphatic heterocycles. The molecule has 0 aromatic heterocycles. The van der Waals surface area contributed by atoms with Crippen LogP contribution in [0.25, 0.3) is 24.3 Å². The molecule has 4 atom stereocenters. The van der Waals surface area contributed by atoms with E-state index in [1.165, 1.54) is 72.1 Å². The van der Waals surface area contributed by atoms with E-state index in [9.17, 15) is 0 Å². The summed E-state index contributed by atoms with van der Waals surface area (Å²) in [5, 5.41) is 0. The normalized spacial score (nSPS) is 18.5. The minimum Gasteiger partial charge on any atom is -1.00 e. The summed E-state index contributed by atoms with van der Waals surface area (Å²) in [7, 11) is 0. The molecule has 0 fully saturated rings. The molecule has 0 bridgehead atoms. The van der Waals surface area contributed by atoms with Gasteiger partial charge in [-0.3, -0.25) is 0 Å². The van der Waals surface area contributed by atoms with Gasteiger partial charge in [-0.25, -0.2) is 0 Å². The molecule has 0 N–H and O–H groups in total. The molecule has 320 valence electrons. The van der Waals surface area contributed by atoms with Crippen molar-refractivity contribution in [1.29, 1.82) is 0 Å². The first-order valence-corrected chi connectivity index (χ1v) is 48.0. The molecule has 0 amide bonds. The standard InChI is InChI=1S/4C11H11.2C6H11Si.2ClH.2Hf/c4*1-2-9-7-10-5-3-4-6-11(10)8-9;2*1-3-5-7-6-4-2;;;;/h4*3-8H,2H2,1H3;2*3-4,7H,1-2,5-6H2;2*1H;;/q;;;;;;;;2*+1/p-2. The van der Waals surface area contributed by atoms with Crippen molar-refractivity contribution in [2.45, 2.75) is 92.3 Å². The van der Waals surface area contributed by atoms with Crippen LogP contribution < -0.4 is 24.8 Å². The first kappa shape index (κ1) is 50.6. The number of hydrogen-bond donors (Lipinski definition) is 0. The Balaban J connectivity index is 0.000000227. The largest absolute Gasteiger partial charge is 1.00 e. The molecule has 4 aliphatic carbocycles. The fourth-order valence-corrected chi connectivity index (χ4v) is 89.9. The molecule has 62 heavy (non-hydrogen) atoms. The van der Waals surface area contributed by atoms with Crippen LogP contribution in [0.3, 0.4) is 0 Å².